The summed E-state index contributed by atoms with van der Waals surface area (Å²) in [6.07, 6.45) is -4.27. The van der Waals surface area contributed by atoms with Crippen LogP contribution >= 0.6 is 0 Å². The van der Waals surface area contributed by atoms with Crippen molar-refractivity contribution in [2.45, 2.75) is 12.6 Å². The summed E-state index contributed by atoms with van der Waals surface area (Å²) < 4.78 is 88.0. The van der Waals surface area contributed by atoms with Crippen LogP contribution < -0.4 is 5.32 Å². The fraction of sp³-hybridized carbons (Fsp3) is 0.545. The molecule has 0 fully saturated rings. The number of hydrogen-bond donors (Lipinski definition) is 1. The van der Waals surface area contributed by atoms with Crippen LogP contribution in [0.25, 0.3) is 0 Å². The third-order valence-corrected chi connectivity index (χ3v) is 2.47. The zero-order valence-electron chi connectivity index (χ0n) is 10.9. The molecule has 0 saturated heterocycles. The van der Waals surface area contributed by atoms with E-state index >= 15 is 0 Å². The molecule has 120 valence electrons. The number of alkyl halides is 3. The Labute approximate surface area is 115 Å². The molecule has 0 amide bonds. The van der Waals surface area contributed by atoms with E-state index in [0.29, 0.717) is 0 Å². The monoisotopic (exact) mass is 319 g/mol. The highest BCUT2D eigenvalue weighted by Crippen LogP contribution is 2.22. The average Bonchev–Trinajstić information content (AvgIpc) is 2.33. The summed E-state index contributed by atoms with van der Waals surface area (Å²) in [5, 5.41) is 2.10. The van der Waals surface area contributed by atoms with Gasteiger partial charge in [-0.05, 0) is 20.0 Å². The first kappa shape index (κ1) is 17.5. The number of anilines is 1. The van der Waals surface area contributed by atoms with E-state index in [0.717, 1.165) is 4.90 Å². The highest BCUT2D eigenvalue weighted by atomic mass is 19.4. The van der Waals surface area contributed by atoms with Crippen LogP contribution in [0, 0.1) is 23.5 Å². The van der Waals surface area contributed by atoms with Gasteiger partial charge in [-0.25, -0.2) is 0 Å². The zero-order chi connectivity index (χ0) is 16.2. The van der Waals surface area contributed by atoms with Crippen molar-refractivity contribution in [2.75, 3.05) is 32.0 Å². The molecule has 21 heavy (non-hydrogen) atoms. The maximum Gasteiger partial charge on any atom is 0.401 e. The van der Waals surface area contributed by atoms with E-state index in [-0.39, 0.29) is 19.5 Å². The summed E-state index contributed by atoms with van der Waals surface area (Å²) in [4.78, 5) is 3.33. The molecule has 0 aliphatic heterocycles. The molecule has 1 rings (SSSR count). The zero-order valence-corrected chi connectivity index (χ0v) is 10.9. The molecule has 0 radical (unpaired) electrons. The van der Waals surface area contributed by atoms with Crippen molar-refractivity contribution in [3.8, 4) is 0 Å². The number of pyridine rings is 1. The van der Waals surface area contributed by atoms with Gasteiger partial charge in [0.15, 0.2) is 0 Å². The van der Waals surface area contributed by atoms with Gasteiger partial charge in [-0.15, -0.1) is 0 Å². The first-order chi connectivity index (χ1) is 9.61. The Hall–Kier alpha value is -1.58. The lowest BCUT2D eigenvalue weighted by molar-refractivity contribution is -0.142. The number of rotatable bonds is 6. The van der Waals surface area contributed by atoms with Crippen molar-refractivity contribution in [3.05, 3.63) is 23.5 Å². The quantitative estimate of drug-likeness (QED) is 0.496. The highest BCUT2D eigenvalue weighted by molar-refractivity contribution is 5.45. The van der Waals surface area contributed by atoms with Gasteiger partial charge >= 0.3 is 6.18 Å². The Morgan fingerprint density at radius 2 is 1.57 bits per heavy atom. The highest BCUT2D eigenvalue weighted by Gasteiger charge is 2.28. The van der Waals surface area contributed by atoms with Gasteiger partial charge in [0.1, 0.15) is 5.69 Å². The molecule has 1 aromatic heterocycles. The molecule has 0 bridgehead atoms. The Bertz CT molecular complexity index is 463. The van der Waals surface area contributed by atoms with Crippen LogP contribution in [-0.4, -0.2) is 42.7 Å². The second kappa shape index (κ2) is 6.92. The van der Waals surface area contributed by atoms with Gasteiger partial charge in [0.2, 0.25) is 11.6 Å². The number of aromatic nitrogens is 1. The van der Waals surface area contributed by atoms with E-state index in [1.165, 1.54) is 7.05 Å². The maximum atomic E-state index is 13.2. The van der Waals surface area contributed by atoms with Gasteiger partial charge in [0, 0.05) is 6.54 Å². The second-order valence-electron chi connectivity index (χ2n) is 4.33. The molecule has 1 aromatic rings. The van der Waals surface area contributed by atoms with E-state index in [4.69, 9.17) is 0 Å². The first-order valence-electron chi connectivity index (χ1n) is 5.81. The molecule has 3 nitrogen and oxygen atoms in total. The lowest BCUT2D eigenvalue weighted by Gasteiger charge is -2.18. The molecule has 0 spiro atoms. The van der Waals surface area contributed by atoms with Crippen molar-refractivity contribution in [1.29, 1.82) is 0 Å². The normalized spacial score (nSPS) is 12.0. The van der Waals surface area contributed by atoms with Gasteiger partial charge in [-0.3, -0.25) is 4.90 Å². The van der Waals surface area contributed by atoms with Crippen LogP contribution in [-0.2, 0) is 0 Å². The lowest BCUT2D eigenvalue weighted by atomic mass is 10.3. The summed E-state index contributed by atoms with van der Waals surface area (Å²) in [5.41, 5.74) is -1.03. The number of hydrogen-bond acceptors (Lipinski definition) is 3. The maximum absolute atomic E-state index is 13.2. The number of nitrogens with zero attached hydrogens (tertiary/aromatic N) is 2. The SMILES string of the molecule is CN(CCCNc1c(F)c(F)nc(F)c1F)CC(F)(F)F. The molecule has 10 heteroatoms. The molecule has 0 aliphatic rings. The van der Waals surface area contributed by atoms with E-state index in [2.05, 4.69) is 10.3 Å². The van der Waals surface area contributed by atoms with Gasteiger partial charge in [-0.1, -0.05) is 0 Å². The van der Waals surface area contributed by atoms with Crippen LogP contribution in [0.1, 0.15) is 6.42 Å². The largest absolute Gasteiger partial charge is 0.401 e. The number of nitrogens with one attached hydrogen (secondary N) is 1. The van der Waals surface area contributed by atoms with Crippen molar-refractivity contribution in [2.24, 2.45) is 0 Å². The van der Waals surface area contributed by atoms with Crippen LogP contribution in [0.4, 0.5) is 36.4 Å². The van der Waals surface area contributed by atoms with Gasteiger partial charge in [0.25, 0.3) is 11.9 Å². The predicted molar refractivity (Wildman–Crippen MR) is 60.7 cm³/mol. The molecule has 0 atom stereocenters. The fourth-order valence-electron chi connectivity index (χ4n) is 1.59. The molecule has 0 unspecified atom stereocenters. The number of halogens is 7. The first-order valence-corrected chi connectivity index (χ1v) is 5.81. The Morgan fingerprint density at radius 3 is 2.05 bits per heavy atom. The smallest absolute Gasteiger partial charge is 0.380 e. The van der Waals surface area contributed by atoms with E-state index in [1.54, 1.807) is 0 Å². The topological polar surface area (TPSA) is 28.2 Å². The minimum absolute atomic E-state index is 0.0220. The Balaban J connectivity index is 2.50. The van der Waals surface area contributed by atoms with E-state index in [9.17, 15) is 30.7 Å². The third-order valence-electron chi connectivity index (χ3n) is 2.47. The van der Waals surface area contributed by atoms with Crippen LogP contribution in [0.15, 0.2) is 0 Å². The Kier molecular flexibility index (Phi) is 5.76. The molecular weight excluding hydrogens is 307 g/mol. The lowest BCUT2D eigenvalue weighted by Crippen LogP contribution is -2.32. The minimum Gasteiger partial charge on any atom is -0.380 e. The van der Waals surface area contributed by atoms with E-state index < -0.39 is 41.9 Å². The van der Waals surface area contributed by atoms with Crippen molar-refractivity contribution in [3.63, 3.8) is 0 Å². The van der Waals surface area contributed by atoms with Gasteiger partial charge in [-0.2, -0.15) is 35.7 Å². The molecule has 1 N–H and O–H groups in total. The third kappa shape index (κ3) is 5.37. The van der Waals surface area contributed by atoms with Gasteiger partial charge in [0.05, 0.1) is 6.54 Å². The van der Waals surface area contributed by atoms with Crippen LogP contribution in [0.5, 0.6) is 0 Å². The second-order valence-corrected chi connectivity index (χ2v) is 4.33. The van der Waals surface area contributed by atoms with Gasteiger partial charge < -0.3 is 5.32 Å². The van der Waals surface area contributed by atoms with E-state index in [1.807, 2.05) is 0 Å². The summed E-state index contributed by atoms with van der Waals surface area (Å²) >= 11 is 0. The summed E-state index contributed by atoms with van der Waals surface area (Å²) in [5.74, 6) is -6.97. The molecule has 0 aromatic carbocycles. The molecule has 0 aliphatic carbocycles. The summed E-state index contributed by atoms with van der Waals surface area (Å²) in [6, 6.07) is 0. The van der Waals surface area contributed by atoms with Crippen molar-refractivity contribution < 1.29 is 30.7 Å². The van der Waals surface area contributed by atoms with Crippen molar-refractivity contribution >= 4 is 5.69 Å². The molecule has 0 saturated carbocycles. The standard InChI is InChI=1S/C11H12F7N3/c1-21(5-11(16,17)18)4-2-3-19-8-6(12)9(14)20-10(15)7(8)13/h2-5H2,1H3,(H,19,20). The molecule has 1 heterocycles. The fourth-order valence-corrected chi connectivity index (χ4v) is 1.59. The Morgan fingerprint density at radius 1 is 1.05 bits per heavy atom. The summed E-state index contributed by atoms with van der Waals surface area (Å²) in [6.45, 7) is -1.32. The van der Waals surface area contributed by atoms with Crippen molar-refractivity contribution in [1.82, 2.24) is 9.88 Å². The predicted octanol–water partition coefficient (Wildman–Crippen LogP) is 2.93. The minimum atomic E-state index is -4.35. The average molecular weight is 319 g/mol. The summed E-state index contributed by atoms with van der Waals surface area (Å²) in [7, 11) is 1.22. The van der Waals surface area contributed by atoms with Crippen LogP contribution in [0.2, 0.25) is 0 Å². The molecular formula is C11H12F7N3. The van der Waals surface area contributed by atoms with Crippen LogP contribution in [0.3, 0.4) is 0 Å².